The van der Waals surface area contributed by atoms with E-state index in [0.29, 0.717) is 18.6 Å². The predicted molar refractivity (Wildman–Crippen MR) is 76.1 cm³/mol. The number of carbonyl (C=O) groups is 1. The molecule has 0 spiro atoms. The lowest BCUT2D eigenvalue weighted by atomic mass is 9.78. The van der Waals surface area contributed by atoms with Crippen molar-refractivity contribution in [1.29, 1.82) is 0 Å². The van der Waals surface area contributed by atoms with Crippen LogP contribution in [0, 0.1) is 0 Å². The lowest BCUT2D eigenvalue weighted by Crippen LogP contribution is -2.44. The summed E-state index contributed by atoms with van der Waals surface area (Å²) < 4.78 is 29.9. The molecule has 6 heteroatoms. The van der Waals surface area contributed by atoms with Crippen LogP contribution in [-0.2, 0) is 20.2 Å². The third-order valence-corrected chi connectivity index (χ3v) is 4.37. The van der Waals surface area contributed by atoms with E-state index in [9.17, 15) is 13.2 Å². The Balaban J connectivity index is 2.36. The van der Waals surface area contributed by atoms with Gasteiger partial charge in [-0.15, -0.1) is 0 Å². The van der Waals surface area contributed by atoms with Gasteiger partial charge in [0.15, 0.2) is 0 Å². The first kappa shape index (κ1) is 14.8. The summed E-state index contributed by atoms with van der Waals surface area (Å²) in [6, 6.07) is 7.27. The molecule has 0 bridgehead atoms. The smallest absolute Gasteiger partial charge is 0.244 e. The topological polar surface area (TPSA) is 72.5 Å². The molecule has 1 N–H and O–H groups in total. The predicted octanol–water partition coefficient (Wildman–Crippen LogP) is 1.58. The molecule has 0 aromatic heterocycles. The summed E-state index contributed by atoms with van der Waals surface area (Å²) in [5, 5.41) is 0. The van der Waals surface area contributed by atoms with Crippen molar-refractivity contribution in [3.05, 3.63) is 29.8 Å². The summed E-state index contributed by atoms with van der Waals surface area (Å²) in [6.07, 6.45) is 4.18. The van der Waals surface area contributed by atoms with E-state index in [4.69, 9.17) is 4.74 Å². The zero-order chi connectivity index (χ0) is 14.8. The fourth-order valence-electron chi connectivity index (χ4n) is 2.80. The van der Waals surface area contributed by atoms with Crippen LogP contribution in [0.25, 0.3) is 0 Å². The lowest BCUT2D eigenvalue weighted by molar-refractivity contribution is -0.124. The number of rotatable bonds is 4. The zero-order valence-electron chi connectivity index (χ0n) is 11.7. The highest BCUT2D eigenvalue weighted by Gasteiger charge is 2.43. The molecule has 20 heavy (non-hydrogen) atoms. The van der Waals surface area contributed by atoms with Gasteiger partial charge in [0.2, 0.25) is 15.9 Å². The van der Waals surface area contributed by atoms with Gasteiger partial charge >= 0.3 is 0 Å². The number of benzene rings is 1. The second-order valence-electron chi connectivity index (χ2n) is 5.22. The maximum Gasteiger partial charge on any atom is 0.244 e. The molecule has 1 aliphatic rings. The van der Waals surface area contributed by atoms with E-state index in [1.54, 1.807) is 19.2 Å². The summed E-state index contributed by atoms with van der Waals surface area (Å²) in [5.41, 5.74) is 0.104. The number of carbonyl (C=O) groups excluding carboxylic acids is 1. The van der Waals surface area contributed by atoms with Gasteiger partial charge in [-0.1, -0.05) is 25.0 Å². The average Bonchev–Trinajstić information content (AvgIpc) is 2.87. The molecule has 0 radical (unpaired) electrons. The molecule has 1 aromatic rings. The monoisotopic (exact) mass is 297 g/mol. The van der Waals surface area contributed by atoms with Gasteiger partial charge in [-0.3, -0.25) is 9.52 Å². The van der Waals surface area contributed by atoms with Gasteiger partial charge in [-0.05, 0) is 30.5 Å². The summed E-state index contributed by atoms with van der Waals surface area (Å²) >= 11 is 0. The standard InChI is InChI=1S/C14H19NO4S/c1-19-12-7-5-11(6-8-12)14(9-3-4-10-14)13(16)15-20(2,17)18/h5-8H,3-4,9-10H2,1-2H3,(H,15,16). The van der Waals surface area contributed by atoms with Gasteiger partial charge in [0.1, 0.15) is 5.75 Å². The Hall–Kier alpha value is -1.56. The molecular formula is C14H19NO4S. The van der Waals surface area contributed by atoms with Crippen molar-refractivity contribution in [2.75, 3.05) is 13.4 Å². The normalized spacial score (nSPS) is 17.7. The Kier molecular flexibility index (Phi) is 4.04. The van der Waals surface area contributed by atoms with E-state index in [0.717, 1.165) is 24.7 Å². The van der Waals surface area contributed by atoms with Crippen LogP contribution in [0.4, 0.5) is 0 Å². The van der Waals surface area contributed by atoms with Gasteiger partial charge in [-0.2, -0.15) is 0 Å². The largest absolute Gasteiger partial charge is 0.497 e. The van der Waals surface area contributed by atoms with Crippen LogP contribution >= 0.6 is 0 Å². The SMILES string of the molecule is COc1ccc(C2(C(=O)NS(C)(=O)=O)CCCC2)cc1. The van der Waals surface area contributed by atoms with Crippen molar-refractivity contribution >= 4 is 15.9 Å². The van der Waals surface area contributed by atoms with Crippen molar-refractivity contribution in [3.63, 3.8) is 0 Å². The molecule has 0 atom stereocenters. The molecule has 0 aliphatic heterocycles. The van der Waals surface area contributed by atoms with Crippen LogP contribution in [0.1, 0.15) is 31.2 Å². The minimum Gasteiger partial charge on any atom is -0.497 e. The Morgan fingerprint density at radius 1 is 1.20 bits per heavy atom. The highest BCUT2D eigenvalue weighted by Crippen LogP contribution is 2.41. The molecule has 110 valence electrons. The number of methoxy groups -OCH3 is 1. The first-order chi connectivity index (χ1) is 9.37. The van der Waals surface area contributed by atoms with Gasteiger partial charge in [-0.25, -0.2) is 8.42 Å². The van der Waals surface area contributed by atoms with Crippen molar-refractivity contribution < 1.29 is 17.9 Å². The summed E-state index contributed by atoms with van der Waals surface area (Å²) in [6.45, 7) is 0. The van der Waals surface area contributed by atoms with E-state index in [1.165, 1.54) is 0 Å². The first-order valence-corrected chi connectivity index (χ1v) is 8.43. The highest BCUT2D eigenvalue weighted by molar-refractivity contribution is 7.89. The second-order valence-corrected chi connectivity index (χ2v) is 6.97. The molecular weight excluding hydrogens is 278 g/mol. The number of amides is 1. The van der Waals surface area contributed by atoms with Crippen LogP contribution in [0.3, 0.4) is 0 Å². The molecule has 1 aliphatic carbocycles. The minimum absolute atomic E-state index is 0.428. The third-order valence-electron chi connectivity index (χ3n) is 3.81. The van der Waals surface area contributed by atoms with Crippen LogP contribution in [0.5, 0.6) is 5.75 Å². The Morgan fingerprint density at radius 2 is 1.75 bits per heavy atom. The van der Waals surface area contributed by atoms with Crippen LogP contribution in [0.15, 0.2) is 24.3 Å². The average molecular weight is 297 g/mol. The fraction of sp³-hybridized carbons (Fsp3) is 0.500. The van der Waals surface area contributed by atoms with Crippen molar-refractivity contribution in [2.45, 2.75) is 31.1 Å². The van der Waals surface area contributed by atoms with Crippen LogP contribution < -0.4 is 9.46 Å². The molecule has 0 unspecified atom stereocenters. The van der Waals surface area contributed by atoms with Crippen molar-refractivity contribution in [1.82, 2.24) is 4.72 Å². The molecule has 1 fully saturated rings. The maximum absolute atomic E-state index is 12.4. The quantitative estimate of drug-likeness (QED) is 0.916. The van der Waals surface area contributed by atoms with Crippen molar-refractivity contribution in [2.24, 2.45) is 0 Å². The van der Waals surface area contributed by atoms with Gasteiger partial charge in [0.25, 0.3) is 0 Å². The van der Waals surface area contributed by atoms with Gasteiger partial charge < -0.3 is 4.74 Å². The number of hydrogen-bond donors (Lipinski definition) is 1. The molecule has 1 amide bonds. The molecule has 5 nitrogen and oxygen atoms in total. The fourth-order valence-corrected chi connectivity index (χ4v) is 3.33. The molecule has 1 aromatic carbocycles. The Morgan fingerprint density at radius 3 is 2.20 bits per heavy atom. The maximum atomic E-state index is 12.4. The number of sulfonamides is 1. The third kappa shape index (κ3) is 2.95. The number of hydrogen-bond acceptors (Lipinski definition) is 4. The van der Waals surface area contributed by atoms with Gasteiger partial charge in [0, 0.05) is 0 Å². The number of nitrogens with one attached hydrogen (secondary N) is 1. The lowest BCUT2D eigenvalue weighted by Gasteiger charge is -2.27. The highest BCUT2D eigenvalue weighted by atomic mass is 32.2. The first-order valence-electron chi connectivity index (χ1n) is 6.54. The molecule has 2 rings (SSSR count). The number of ether oxygens (including phenoxy) is 1. The summed E-state index contributed by atoms with van der Waals surface area (Å²) in [5.74, 6) is 0.285. The Bertz CT molecular complexity index is 586. The van der Waals surface area contributed by atoms with E-state index in [-0.39, 0.29) is 0 Å². The Labute approximate surface area is 119 Å². The minimum atomic E-state index is -3.54. The summed E-state index contributed by atoms with van der Waals surface area (Å²) in [4.78, 5) is 12.4. The van der Waals surface area contributed by atoms with E-state index in [2.05, 4.69) is 4.72 Å². The van der Waals surface area contributed by atoms with E-state index < -0.39 is 21.3 Å². The second kappa shape index (κ2) is 5.44. The molecule has 0 heterocycles. The van der Waals surface area contributed by atoms with E-state index in [1.807, 2.05) is 12.1 Å². The summed E-state index contributed by atoms with van der Waals surface area (Å²) in [7, 11) is -1.96. The molecule has 1 saturated carbocycles. The van der Waals surface area contributed by atoms with E-state index >= 15 is 0 Å². The van der Waals surface area contributed by atoms with Gasteiger partial charge in [0.05, 0.1) is 18.8 Å². The van der Waals surface area contributed by atoms with Crippen molar-refractivity contribution in [3.8, 4) is 5.75 Å². The van der Waals surface area contributed by atoms with Crippen LogP contribution in [0.2, 0.25) is 0 Å². The van der Waals surface area contributed by atoms with Crippen LogP contribution in [-0.4, -0.2) is 27.7 Å². The zero-order valence-corrected chi connectivity index (χ0v) is 12.5. The molecule has 0 saturated heterocycles.